The van der Waals surface area contributed by atoms with Gasteiger partial charge in [0.15, 0.2) is 5.15 Å². The van der Waals surface area contributed by atoms with E-state index in [-0.39, 0.29) is 5.15 Å². The van der Waals surface area contributed by atoms with Gasteiger partial charge in [0.2, 0.25) is 0 Å². The molecule has 0 bridgehead atoms. The monoisotopic (exact) mass is 344 g/mol. The Hall–Kier alpha value is -2.60. The quantitative estimate of drug-likeness (QED) is 0.668. The van der Waals surface area contributed by atoms with Crippen LogP contribution >= 0.6 is 11.6 Å². The standard InChI is InChI=1S/C17H17ClN4O2/c18-15-14(7-4-8-19-15)20-16(23)17(24)22-11-9-21(10-12-22)13-5-2-1-3-6-13/h1-8H,9-12H2,(H,20,23). The molecule has 0 unspecified atom stereocenters. The molecule has 0 spiro atoms. The number of para-hydroxylation sites is 1. The largest absolute Gasteiger partial charge is 0.368 e. The summed E-state index contributed by atoms with van der Waals surface area (Å²) in [7, 11) is 0. The van der Waals surface area contributed by atoms with Gasteiger partial charge in [-0.25, -0.2) is 4.98 Å². The Morgan fingerprint density at radius 2 is 1.71 bits per heavy atom. The number of nitrogens with one attached hydrogen (secondary N) is 1. The topological polar surface area (TPSA) is 65.5 Å². The van der Waals surface area contributed by atoms with Crippen molar-refractivity contribution in [2.45, 2.75) is 0 Å². The molecular weight excluding hydrogens is 328 g/mol. The smallest absolute Gasteiger partial charge is 0.313 e. The third kappa shape index (κ3) is 3.65. The van der Waals surface area contributed by atoms with Crippen molar-refractivity contribution in [3.05, 3.63) is 53.8 Å². The summed E-state index contributed by atoms with van der Waals surface area (Å²) in [6, 6.07) is 13.3. The highest BCUT2D eigenvalue weighted by Gasteiger charge is 2.26. The maximum absolute atomic E-state index is 12.3. The lowest BCUT2D eigenvalue weighted by Gasteiger charge is -2.35. The van der Waals surface area contributed by atoms with Crippen LogP contribution in [0.3, 0.4) is 0 Å². The number of aromatic nitrogens is 1. The molecule has 0 saturated carbocycles. The zero-order chi connectivity index (χ0) is 16.9. The molecule has 0 radical (unpaired) electrons. The first-order valence-electron chi connectivity index (χ1n) is 7.66. The molecule has 1 N–H and O–H groups in total. The molecule has 1 aliphatic rings. The predicted octanol–water partition coefficient (Wildman–Crippen LogP) is 2.02. The molecule has 1 aromatic carbocycles. The number of amides is 2. The van der Waals surface area contributed by atoms with E-state index in [9.17, 15) is 9.59 Å². The molecule has 2 aromatic rings. The van der Waals surface area contributed by atoms with E-state index in [0.29, 0.717) is 31.9 Å². The molecule has 1 aliphatic heterocycles. The summed E-state index contributed by atoms with van der Waals surface area (Å²) in [6.45, 7) is 2.39. The lowest BCUT2D eigenvalue weighted by molar-refractivity contribution is -0.143. The molecule has 1 saturated heterocycles. The Labute approximate surface area is 145 Å². The Balaban J connectivity index is 1.57. The molecule has 1 fully saturated rings. The average molecular weight is 345 g/mol. The Morgan fingerprint density at radius 1 is 1.00 bits per heavy atom. The zero-order valence-corrected chi connectivity index (χ0v) is 13.7. The number of hydrogen-bond donors (Lipinski definition) is 1. The number of rotatable bonds is 2. The van der Waals surface area contributed by atoms with Gasteiger partial charge in [-0.05, 0) is 24.3 Å². The van der Waals surface area contributed by atoms with Crippen LogP contribution in [-0.2, 0) is 9.59 Å². The lowest BCUT2D eigenvalue weighted by atomic mass is 10.2. The molecule has 6 nitrogen and oxygen atoms in total. The van der Waals surface area contributed by atoms with Crippen molar-refractivity contribution in [1.82, 2.24) is 9.88 Å². The second-order valence-electron chi connectivity index (χ2n) is 5.41. The Kier molecular flexibility index (Phi) is 4.96. The van der Waals surface area contributed by atoms with E-state index in [1.54, 1.807) is 17.0 Å². The maximum atomic E-state index is 12.3. The molecule has 24 heavy (non-hydrogen) atoms. The third-order valence-corrected chi connectivity index (χ3v) is 4.19. The molecule has 0 atom stereocenters. The molecule has 0 aliphatic carbocycles. The second-order valence-corrected chi connectivity index (χ2v) is 5.77. The normalized spacial score (nSPS) is 14.4. The Bertz CT molecular complexity index is 730. The van der Waals surface area contributed by atoms with Crippen molar-refractivity contribution < 1.29 is 9.59 Å². The van der Waals surface area contributed by atoms with E-state index in [1.165, 1.54) is 6.20 Å². The zero-order valence-electron chi connectivity index (χ0n) is 13.0. The van der Waals surface area contributed by atoms with Crippen molar-refractivity contribution in [3.63, 3.8) is 0 Å². The van der Waals surface area contributed by atoms with Crippen LogP contribution in [0.15, 0.2) is 48.7 Å². The van der Waals surface area contributed by atoms with Gasteiger partial charge in [-0.3, -0.25) is 9.59 Å². The van der Waals surface area contributed by atoms with Crippen LogP contribution in [-0.4, -0.2) is 47.9 Å². The molecule has 1 aromatic heterocycles. The summed E-state index contributed by atoms with van der Waals surface area (Å²) in [5.41, 5.74) is 1.46. The van der Waals surface area contributed by atoms with Crippen LogP contribution in [0.25, 0.3) is 0 Å². The van der Waals surface area contributed by atoms with E-state index in [1.807, 2.05) is 30.3 Å². The molecule has 2 amide bonds. The van der Waals surface area contributed by atoms with Gasteiger partial charge in [0.05, 0.1) is 5.69 Å². The summed E-state index contributed by atoms with van der Waals surface area (Å²) in [5, 5.41) is 2.67. The van der Waals surface area contributed by atoms with Crippen molar-refractivity contribution in [2.75, 3.05) is 36.4 Å². The summed E-state index contributed by atoms with van der Waals surface area (Å²) in [4.78, 5) is 32.0. The number of piperazine rings is 1. The van der Waals surface area contributed by atoms with Crippen LogP contribution in [0.4, 0.5) is 11.4 Å². The fraction of sp³-hybridized carbons (Fsp3) is 0.235. The highest BCUT2D eigenvalue weighted by molar-refractivity contribution is 6.41. The minimum atomic E-state index is -0.696. The average Bonchev–Trinajstić information content (AvgIpc) is 2.64. The van der Waals surface area contributed by atoms with Gasteiger partial charge in [-0.1, -0.05) is 29.8 Å². The van der Waals surface area contributed by atoms with E-state index in [0.717, 1.165) is 5.69 Å². The van der Waals surface area contributed by atoms with Crippen molar-refractivity contribution in [3.8, 4) is 0 Å². The number of benzene rings is 1. The van der Waals surface area contributed by atoms with Gasteiger partial charge >= 0.3 is 11.8 Å². The van der Waals surface area contributed by atoms with Gasteiger partial charge < -0.3 is 15.1 Å². The van der Waals surface area contributed by atoms with Crippen molar-refractivity contribution in [2.24, 2.45) is 0 Å². The molecule has 7 heteroatoms. The van der Waals surface area contributed by atoms with E-state index >= 15 is 0 Å². The van der Waals surface area contributed by atoms with Gasteiger partial charge in [0.1, 0.15) is 0 Å². The summed E-state index contributed by atoms with van der Waals surface area (Å²) >= 11 is 5.89. The molecular formula is C17H17ClN4O2. The van der Waals surface area contributed by atoms with Gasteiger partial charge in [0.25, 0.3) is 0 Å². The molecule has 124 valence electrons. The lowest BCUT2D eigenvalue weighted by Crippen LogP contribution is -2.51. The first-order chi connectivity index (χ1) is 11.6. The van der Waals surface area contributed by atoms with Crippen LogP contribution in [0.1, 0.15) is 0 Å². The third-order valence-electron chi connectivity index (χ3n) is 3.89. The molecule has 2 heterocycles. The first kappa shape index (κ1) is 16.3. The molecule has 3 rings (SSSR count). The number of nitrogens with zero attached hydrogens (tertiary/aromatic N) is 3. The highest BCUT2D eigenvalue weighted by Crippen LogP contribution is 2.18. The second kappa shape index (κ2) is 7.31. The fourth-order valence-electron chi connectivity index (χ4n) is 2.61. The van der Waals surface area contributed by atoms with Crippen LogP contribution < -0.4 is 10.2 Å². The predicted molar refractivity (Wildman–Crippen MR) is 93.1 cm³/mol. The van der Waals surface area contributed by atoms with E-state index < -0.39 is 11.8 Å². The van der Waals surface area contributed by atoms with Crippen LogP contribution in [0.5, 0.6) is 0 Å². The van der Waals surface area contributed by atoms with Crippen molar-refractivity contribution in [1.29, 1.82) is 0 Å². The summed E-state index contributed by atoms with van der Waals surface area (Å²) < 4.78 is 0. The minimum Gasteiger partial charge on any atom is -0.368 e. The minimum absolute atomic E-state index is 0.160. The fourth-order valence-corrected chi connectivity index (χ4v) is 2.77. The number of hydrogen-bond acceptors (Lipinski definition) is 4. The SMILES string of the molecule is O=C(Nc1cccnc1Cl)C(=O)N1CCN(c2ccccc2)CC1. The van der Waals surface area contributed by atoms with Crippen LogP contribution in [0.2, 0.25) is 5.15 Å². The highest BCUT2D eigenvalue weighted by atomic mass is 35.5. The van der Waals surface area contributed by atoms with E-state index in [4.69, 9.17) is 11.6 Å². The van der Waals surface area contributed by atoms with Gasteiger partial charge in [-0.15, -0.1) is 0 Å². The Morgan fingerprint density at radius 3 is 2.38 bits per heavy atom. The summed E-state index contributed by atoms with van der Waals surface area (Å²) in [6.07, 6.45) is 1.52. The number of carbonyl (C=O) groups is 2. The van der Waals surface area contributed by atoms with Gasteiger partial charge in [-0.2, -0.15) is 0 Å². The van der Waals surface area contributed by atoms with Gasteiger partial charge in [0, 0.05) is 38.1 Å². The van der Waals surface area contributed by atoms with Crippen LogP contribution in [0, 0.1) is 0 Å². The first-order valence-corrected chi connectivity index (χ1v) is 8.04. The summed E-state index contributed by atoms with van der Waals surface area (Å²) in [5.74, 6) is -1.25. The van der Waals surface area contributed by atoms with E-state index in [2.05, 4.69) is 15.2 Å². The van der Waals surface area contributed by atoms with Crippen molar-refractivity contribution >= 4 is 34.8 Å². The number of pyridine rings is 1. The maximum Gasteiger partial charge on any atom is 0.313 e. The number of carbonyl (C=O) groups excluding carboxylic acids is 2. The number of anilines is 2. The number of halogens is 1.